The average Bonchev–Trinajstić information content (AvgIpc) is 2.88. The van der Waals surface area contributed by atoms with E-state index in [0.29, 0.717) is 11.8 Å². The summed E-state index contributed by atoms with van der Waals surface area (Å²) in [6, 6.07) is 5.47. The third kappa shape index (κ3) is 3.15. The van der Waals surface area contributed by atoms with E-state index in [1.807, 2.05) is 0 Å². The van der Waals surface area contributed by atoms with E-state index in [2.05, 4.69) is 22.3 Å². The second-order valence-corrected chi connectivity index (χ2v) is 6.20. The molecule has 0 spiro atoms. The molecule has 1 aromatic carbocycles. The summed E-state index contributed by atoms with van der Waals surface area (Å²) in [4.78, 5) is 2.53. The van der Waals surface area contributed by atoms with Crippen molar-refractivity contribution in [1.82, 2.24) is 10.2 Å². The fourth-order valence-electron chi connectivity index (χ4n) is 3.64. The maximum Gasteiger partial charge on any atom is 0.203 e. The van der Waals surface area contributed by atoms with Gasteiger partial charge in [0.2, 0.25) is 5.75 Å². The van der Waals surface area contributed by atoms with Crippen LogP contribution in [0.3, 0.4) is 0 Å². The predicted octanol–water partition coefficient (Wildman–Crippen LogP) is 2.04. The van der Waals surface area contributed by atoms with Crippen LogP contribution in [0.2, 0.25) is 0 Å². The maximum atomic E-state index is 5.45. The van der Waals surface area contributed by atoms with Gasteiger partial charge in [-0.3, -0.25) is 4.90 Å². The van der Waals surface area contributed by atoms with Crippen molar-refractivity contribution < 1.29 is 14.2 Å². The maximum absolute atomic E-state index is 5.45. The summed E-state index contributed by atoms with van der Waals surface area (Å²) < 4.78 is 16.3. The fourth-order valence-corrected chi connectivity index (χ4v) is 3.64. The van der Waals surface area contributed by atoms with Gasteiger partial charge in [-0.2, -0.15) is 0 Å². The molecule has 5 heteroatoms. The van der Waals surface area contributed by atoms with Crippen molar-refractivity contribution in [2.45, 2.75) is 37.9 Å². The van der Waals surface area contributed by atoms with Crippen molar-refractivity contribution in [2.24, 2.45) is 0 Å². The molecule has 3 rings (SSSR count). The molecule has 5 nitrogen and oxygen atoms in total. The number of ether oxygens (including phenoxy) is 3. The Labute approximate surface area is 132 Å². The Morgan fingerprint density at radius 3 is 2.32 bits per heavy atom. The van der Waals surface area contributed by atoms with Gasteiger partial charge in [0.25, 0.3) is 0 Å². The first-order valence-electron chi connectivity index (χ1n) is 8.00. The molecule has 22 heavy (non-hydrogen) atoms. The van der Waals surface area contributed by atoms with E-state index < -0.39 is 0 Å². The molecule has 2 heterocycles. The summed E-state index contributed by atoms with van der Waals surface area (Å²) in [6.07, 6.45) is 3.88. The lowest BCUT2D eigenvalue weighted by molar-refractivity contribution is 0.249. The van der Waals surface area contributed by atoms with Gasteiger partial charge in [0.05, 0.1) is 21.3 Å². The first-order chi connectivity index (χ1) is 10.7. The van der Waals surface area contributed by atoms with Crippen LogP contribution in [0.4, 0.5) is 0 Å². The predicted molar refractivity (Wildman–Crippen MR) is 85.9 cm³/mol. The molecule has 0 radical (unpaired) electrons. The van der Waals surface area contributed by atoms with Crippen LogP contribution < -0.4 is 19.5 Å². The number of hydrogen-bond acceptors (Lipinski definition) is 5. The molecule has 2 unspecified atom stereocenters. The molecule has 0 aromatic heterocycles. The lowest BCUT2D eigenvalue weighted by atomic mass is 10.1. The van der Waals surface area contributed by atoms with Crippen LogP contribution >= 0.6 is 0 Å². The molecule has 0 saturated carbocycles. The molecule has 1 aromatic rings. The fraction of sp³-hybridized carbons (Fsp3) is 0.647. The minimum Gasteiger partial charge on any atom is -0.493 e. The zero-order valence-corrected chi connectivity index (χ0v) is 13.7. The highest BCUT2D eigenvalue weighted by atomic mass is 16.5. The molecule has 2 fully saturated rings. The molecule has 2 bridgehead atoms. The Kier molecular flexibility index (Phi) is 4.74. The van der Waals surface area contributed by atoms with Crippen LogP contribution in [0.1, 0.15) is 24.8 Å². The topological polar surface area (TPSA) is 43.0 Å². The zero-order chi connectivity index (χ0) is 15.5. The molecule has 1 N–H and O–H groups in total. The number of fused-ring (bicyclic) bond motifs is 2. The van der Waals surface area contributed by atoms with E-state index in [4.69, 9.17) is 14.2 Å². The smallest absolute Gasteiger partial charge is 0.203 e. The van der Waals surface area contributed by atoms with Crippen molar-refractivity contribution in [2.75, 3.05) is 34.4 Å². The monoisotopic (exact) mass is 306 g/mol. The van der Waals surface area contributed by atoms with E-state index in [1.54, 1.807) is 21.3 Å². The standard InChI is InChI=1S/C17H26N2O3/c1-20-15-8-12(9-16(21-2)17(15)22-3)10-19-7-6-13-4-5-14(11-19)18-13/h8-9,13-14,18H,4-7,10-11H2,1-3H3. The minimum atomic E-state index is 0.648. The summed E-state index contributed by atoms with van der Waals surface area (Å²) >= 11 is 0. The van der Waals surface area contributed by atoms with E-state index in [9.17, 15) is 0 Å². The largest absolute Gasteiger partial charge is 0.493 e. The van der Waals surface area contributed by atoms with Gasteiger partial charge in [0.15, 0.2) is 11.5 Å². The van der Waals surface area contributed by atoms with Gasteiger partial charge in [0.1, 0.15) is 0 Å². The van der Waals surface area contributed by atoms with Crippen molar-refractivity contribution in [1.29, 1.82) is 0 Å². The summed E-state index contributed by atoms with van der Waals surface area (Å²) in [5.41, 5.74) is 1.20. The molecule has 0 aliphatic carbocycles. The third-order valence-corrected chi connectivity index (χ3v) is 4.74. The van der Waals surface area contributed by atoms with E-state index >= 15 is 0 Å². The Hall–Kier alpha value is -1.46. The number of nitrogens with one attached hydrogen (secondary N) is 1. The summed E-state index contributed by atoms with van der Waals surface area (Å²) in [5.74, 6) is 2.11. The van der Waals surface area contributed by atoms with Crippen LogP contribution in [0.5, 0.6) is 17.2 Å². The second kappa shape index (κ2) is 6.75. The van der Waals surface area contributed by atoms with Crippen molar-refractivity contribution in [3.8, 4) is 17.2 Å². The molecule has 0 amide bonds. The Balaban J connectivity index is 1.76. The highest BCUT2D eigenvalue weighted by molar-refractivity contribution is 5.53. The lowest BCUT2D eigenvalue weighted by Gasteiger charge is -2.24. The second-order valence-electron chi connectivity index (χ2n) is 6.20. The Morgan fingerprint density at radius 1 is 1.00 bits per heavy atom. The quantitative estimate of drug-likeness (QED) is 0.902. The normalized spacial score (nSPS) is 24.9. The number of methoxy groups -OCH3 is 3. The number of hydrogen-bond donors (Lipinski definition) is 1. The number of nitrogens with zero attached hydrogens (tertiary/aromatic N) is 1. The minimum absolute atomic E-state index is 0.648. The van der Waals surface area contributed by atoms with E-state index in [1.165, 1.54) is 24.8 Å². The van der Waals surface area contributed by atoms with E-state index in [0.717, 1.165) is 37.2 Å². The SMILES string of the molecule is COc1cc(CN2CCC3CCC(C2)N3)cc(OC)c1OC. The van der Waals surface area contributed by atoms with Crippen LogP contribution in [0.15, 0.2) is 12.1 Å². The molecule has 2 aliphatic heterocycles. The number of benzene rings is 1. The van der Waals surface area contributed by atoms with Crippen molar-refractivity contribution in [3.63, 3.8) is 0 Å². The highest BCUT2D eigenvalue weighted by Gasteiger charge is 2.29. The first kappa shape index (κ1) is 15.4. The van der Waals surface area contributed by atoms with Gasteiger partial charge in [0, 0.05) is 31.7 Å². The number of likely N-dealkylation sites (tertiary alicyclic amines) is 1. The molecule has 2 atom stereocenters. The van der Waals surface area contributed by atoms with E-state index in [-0.39, 0.29) is 0 Å². The third-order valence-electron chi connectivity index (χ3n) is 4.74. The van der Waals surface area contributed by atoms with Gasteiger partial charge in [-0.25, -0.2) is 0 Å². The van der Waals surface area contributed by atoms with Crippen molar-refractivity contribution >= 4 is 0 Å². The summed E-state index contributed by atoms with van der Waals surface area (Å²) in [5, 5.41) is 3.72. The molecule has 122 valence electrons. The van der Waals surface area contributed by atoms with Gasteiger partial charge in [-0.05, 0) is 37.0 Å². The van der Waals surface area contributed by atoms with Gasteiger partial charge < -0.3 is 19.5 Å². The average molecular weight is 306 g/mol. The van der Waals surface area contributed by atoms with Gasteiger partial charge >= 0.3 is 0 Å². The van der Waals surface area contributed by atoms with Gasteiger partial charge in [-0.1, -0.05) is 0 Å². The molecular weight excluding hydrogens is 280 g/mol. The molecule has 2 aliphatic rings. The highest BCUT2D eigenvalue weighted by Crippen LogP contribution is 2.38. The number of rotatable bonds is 5. The molecular formula is C17H26N2O3. The Morgan fingerprint density at radius 2 is 1.68 bits per heavy atom. The lowest BCUT2D eigenvalue weighted by Crippen LogP contribution is -2.34. The first-order valence-corrected chi connectivity index (χ1v) is 8.00. The van der Waals surface area contributed by atoms with Crippen LogP contribution in [0.25, 0.3) is 0 Å². The van der Waals surface area contributed by atoms with Crippen LogP contribution in [-0.2, 0) is 6.54 Å². The molecule has 2 saturated heterocycles. The van der Waals surface area contributed by atoms with Gasteiger partial charge in [-0.15, -0.1) is 0 Å². The Bertz CT molecular complexity index is 496. The van der Waals surface area contributed by atoms with Crippen LogP contribution in [-0.4, -0.2) is 51.4 Å². The summed E-state index contributed by atoms with van der Waals surface area (Å²) in [6.45, 7) is 3.18. The van der Waals surface area contributed by atoms with Crippen molar-refractivity contribution in [3.05, 3.63) is 17.7 Å². The zero-order valence-electron chi connectivity index (χ0n) is 13.7. The van der Waals surface area contributed by atoms with Crippen LogP contribution in [0, 0.1) is 0 Å². The summed E-state index contributed by atoms with van der Waals surface area (Å²) in [7, 11) is 4.96.